The van der Waals surface area contributed by atoms with E-state index in [4.69, 9.17) is 9.47 Å². The number of benzene rings is 2. The number of rotatable bonds is 8. The van der Waals surface area contributed by atoms with Gasteiger partial charge in [-0.25, -0.2) is 9.97 Å². The number of hydrogen-bond acceptors (Lipinski definition) is 6. The van der Waals surface area contributed by atoms with E-state index < -0.39 is 0 Å². The predicted molar refractivity (Wildman–Crippen MR) is 127 cm³/mol. The number of ether oxygens (including phenoxy) is 2. The topological polar surface area (TPSA) is 66.2 Å². The maximum Gasteiger partial charge on any atom is 0.319 e. The van der Waals surface area contributed by atoms with Gasteiger partial charge >= 0.3 is 5.97 Å². The molecule has 2 aromatic heterocycles. The number of fused-ring (bicyclic) bond motifs is 1. The molecule has 7 heteroatoms. The Hall–Kier alpha value is -3.32. The van der Waals surface area contributed by atoms with Gasteiger partial charge in [-0.1, -0.05) is 42.1 Å². The summed E-state index contributed by atoms with van der Waals surface area (Å²) in [7, 11) is 0. The van der Waals surface area contributed by atoms with Crippen molar-refractivity contribution >= 4 is 28.8 Å². The Morgan fingerprint density at radius 1 is 1.03 bits per heavy atom. The van der Waals surface area contributed by atoms with Crippen molar-refractivity contribution in [1.82, 2.24) is 14.5 Å². The van der Waals surface area contributed by atoms with Gasteiger partial charge in [0.2, 0.25) is 0 Å². The molecule has 0 fully saturated rings. The highest BCUT2D eigenvalue weighted by molar-refractivity contribution is 8.00. The maximum atomic E-state index is 12.2. The zero-order valence-corrected chi connectivity index (χ0v) is 19.1. The Kier molecular flexibility index (Phi) is 6.75. The minimum Gasteiger partial charge on any atom is -0.494 e. The number of carbonyl (C=O) groups is 1. The average Bonchev–Trinajstić information content (AvgIpc) is 3.21. The van der Waals surface area contributed by atoms with Crippen LogP contribution in [0.1, 0.15) is 20.8 Å². The van der Waals surface area contributed by atoms with Crippen molar-refractivity contribution in [3.8, 4) is 22.6 Å². The summed E-state index contributed by atoms with van der Waals surface area (Å²) in [5, 5.41) is 1.28. The van der Waals surface area contributed by atoms with Crippen molar-refractivity contribution in [2.24, 2.45) is 0 Å². The predicted octanol–water partition coefficient (Wildman–Crippen LogP) is 5.53. The summed E-state index contributed by atoms with van der Waals surface area (Å²) in [5.41, 5.74) is 3.81. The fourth-order valence-corrected chi connectivity index (χ4v) is 4.43. The van der Waals surface area contributed by atoms with Crippen molar-refractivity contribution in [2.75, 3.05) is 13.2 Å². The van der Waals surface area contributed by atoms with E-state index in [1.165, 1.54) is 11.8 Å². The van der Waals surface area contributed by atoms with E-state index >= 15 is 0 Å². The van der Waals surface area contributed by atoms with Crippen molar-refractivity contribution in [1.29, 1.82) is 0 Å². The van der Waals surface area contributed by atoms with Gasteiger partial charge in [-0.15, -0.1) is 0 Å². The molecule has 0 radical (unpaired) electrons. The summed E-state index contributed by atoms with van der Waals surface area (Å²) < 4.78 is 12.8. The summed E-state index contributed by atoms with van der Waals surface area (Å²) in [5.74, 6) is 0.571. The molecule has 0 aliphatic rings. The van der Waals surface area contributed by atoms with E-state index in [-0.39, 0.29) is 11.2 Å². The first kappa shape index (κ1) is 21.9. The molecule has 0 aliphatic carbocycles. The summed E-state index contributed by atoms with van der Waals surface area (Å²) in [6.07, 6.45) is 3.62. The molecule has 4 rings (SSSR count). The lowest BCUT2D eigenvalue weighted by molar-refractivity contribution is -0.142. The Bertz CT molecular complexity index is 1210. The molecule has 0 spiro atoms. The Balaban J connectivity index is 1.85. The van der Waals surface area contributed by atoms with Gasteiger partial charge in [-0.05, 0) is 50.6 Å². The molecular weight excluding hydrogens is 422 g/mol. The molecule has 0 saturated carbocycles. The van der Waals surface area contributed by atoms with Crippen molar-refractivity contribution in [3.05, 3.63) is 67.1 Å². The van der Waals surface area contributed by atoms with Crippen LogP contribution < -0.4 is 4.74 Å². The molecule has 32 heavy (non-hydrogen) atoms. The van der Waals surface area contributed by atoms with E-state index in [0.29, 0.717) is 13.2 Å². The van der Waals surface area contributed by atoms with Crippen LogP contribution >= 0.6 is 11.8 Å². The van der Waals surface area contributed by atoms with Crippen LogP contribution in [0, 0.1) is 0 Å². The van der Waals surface area contributed by atoms with Crippen LogP contribution in [0.4, 0.5) is 0 Å². The van der Waals surface area contributed by atoms with Crippen LogP contribution in [-0.2, 0) is 9.53 Å². The van der Waals surface area contributed by atoms with E-state index in [0.717, 1.165) is 38.6 Å². The third kappa shape index (κ3) is 4.48. The highest BCUT2D eigenvalue weighted by Crippen LogP contribution is 2.38. The third-order valence-corrected chi connectivity index (χ3v) is 6.04. The van der Waals surface area contributed by atoms with Crippen LogP contribution in [0.5, 0.6) is 5.75 Å². The summed E-state index contributed by atoms with van der Waals surface area (Å²) in [4.78, 5) is 21.4. The molecule has 4 aromatic rings. The van der Waals surface area contributed by atoms with Gasteiger partial charge < -0.3 is 14.0 Å². The molecule has 6 nitrogen and oxygen atoms in total. The van der Waals surface area contributed by atoms with E-state index in [1.807, 2.05) is 67.8 Å². The monoisotopic (exact) mass is 447 g/mol. The molecule has 0 amide bonds. The van der Waals surface area contributed by atoms with Gasteiger partial charge in [-0.2, -0.15) is 0 Å². The second kappa shape index (κ2) is 9.87. The minimum atomic E-state index is -0.384. The zero-order chi connectivity index (χ0) is 22.5. The highest BCUT2D eigenvalue weighted by atomic mass is 32.2. The second-order valence-corrected chi connectivity index (χ2v) is 8.42. The van der Waals surface area contributed by atoms with Crippen LogP contribution in [0.3, 0.4) is 0 Å². The SMILES string of the molecule is CCOC(=O)[C@@H](C)Sc1ncnc2c1c(-c1ccccc1)cn2-c1ccc(OCC)cc1. The normalized spacial score (nSPS) is 12.0. The van der Waals surface area contributed by atoms with E-state index in [2.05, 4.69) is 28.3 Å². The minimum absolute atomic E-state index is 0.253. The van der Waals surface area contributed by atoms with E-state index in [1.54, 1.807) is 6.33 Å². The molecule has 0 N–H and O–H groups in total. The van der Waals surface area contributed by atoms with Gasteiger partial charge in [0, 0.05) is 17.4 Å². The lowest BCUT2D eigenvalue weighted by atomic mass is 10.1. The van der Waals surface area contributed by atoms with Crippen molar-refractivity contribution in [3.63, 3.8) is 0 Å². The quantitative estimate of drug-likeness (QED) is 0.201. The van der Waals surface area contributed by atoms with Gasteiger partial charge in [0.05, 0.1) is 18.6 Å². The number of aromatic nitrogens is 3. The van der Waals surface area contributed by atoms with Crippen LogP contribution in [0.15, 0.2) is 72.1 Å². The largest absolute Gasteiger partial charge is 0.494 e. The fourth-order valence-electron chi connectivity index (χ4n) is 3.50. The van der Waals surface area contributed by atoms with Gasteiger partial charge in [0.25, 0.3) is 0 Å². The molecule has 0 aliphatic heterocycles. The van der Waals surface area contributed by atoms with Crippen LogP contribution in [-0.4, -0.2) is 39.0 Å². The zero-order valence-electron chi connectivity index (χ0n) is 18.3. The molecule has 2 aromatic carbocycles. The first-order chi connectivity index (χ1) is 15.6. The van der Waals surface area contributed by atoms with Crippen LogP contribution in [0.2, 0.25) is 0 Å². The van der Waals surface area contributed by atoms with Gasteiger partial charge in [0.15, 0.2) is 0 Å². The number of thioether (sulfide) groups is 1. The number of esters is 1. The van der Waals surface area contributed by atoms with Crippen molar-refractivity contribution in [2.45, 2.75) is 31.0 Å². The first-order valence-corrected chi connectivity index (χ1v) is 11.5. The lowest BCUT2D eigenvalue weighted by Gasteiger charge is -2.11. The van der Waals surface area contributed by atoms with Gasteiger partial charge in [0.1, 0.15) is 28.0 Å². The molecular formula is C25H25N3O3S. The molecule has 164 valence electrons. The average molecular weight is 448 g/mol. The smallest absolute Gasteiger partial charge is 0.319 e. The Labute approximate surface area is 191 Å². The number of carbonyl (C=O) groups excluding carboxylic acids is 1. The lowest BCUT2D eigenvalue weighted by Crippen LogP contribution is -2.16. The van der Waals surface area contributed by atoms with Gasteiger partial charge in [-0.3, -0.25) is 4.79 Å². The third-order valence-electron chi connectivity index (χ3n) is 4.97. The second-order valence-electron chi connectivity index (χ2n) is 7.10. The summed E-state index contributed by atoms with van der Waals surface area (Å²) in [6.45, 7) is 6.58. The Morgan fingerprint density at radius 2 is 1.78 bits per heavy atom. The summed E-state index contributed by atoms with van der Waals surface area (Å²) in [6, 6.07) is 18.1. The Morgan fingerprint density at radius 3 is 2.47 bits per heavy atom. The van der Waals surface area contributed by atoms with E-state index in [9.17, 15) is 4.79 Å². The molecule has 0 bridgehead atoms. The van der Waals surface area contributed by atoms with Crippen molar-refractivity contribution < 1.29 is 14.3 Å². The number of hydrogen-bond donors (Lipinski definition) is 0. The summed E-state index contributed by atoms with van der Waals surface area (Å²) >= 11 is 1.39. The molecule has 1 atom stereocenters. The molecule has 2 heterocycles. The highest BCUT2D eigenvalue weighted by Gasteiger charge is 2.22. The molecule has 0 unspecified atom stereocenters. The first-order valence-electron chi connectivity index (χ1n) is 10.6. The standard InChI is InChI=1S/C25H25N3O3S/c1-4-30-20-13-11-19(12-14-20)28-15-21(18-9-7-6-8-10-18)22-23(28)26-16-27-24(22)32-17(3)25(29)31-5-2/h6-17H,4-5H2,1-3H3/t17-/m1/s1. The number of nitrogens with zero attached hydrogens (tertiary/aromatic N) is 3. The van der Waals surface area contributed by atoms with Crippen LogP contribution in [0.25, 0.3) is 27.8 Å². The maximum absolute atomic E-state index is 12.2. The fraction of sp³-hybridized carbons (Fsp3) is 0.240. The molecule has 0 saturated heterocycles.